The van der Waals surface area contributed by atoms with Crippen molar-refractivity contribution in [3.8, 4) is 0 Å². The summed E-state index contributed by atoms with van der Waals surface area (Å²) in [6, 6.07) is 3.92. The van der Waals surface area contributed by atoms with Crippen LogP contribution in [-0.4, -0.2) is 61.9 Å². The molecule has 2 atom stereocenters. The Morgan fingerprint density at radius 3 is 3.25 bits per heavy atom. The highest BCUT2D eigenvalue weighted by Gasteiger charge is 2.47. The number of likely N-dealkylation sites (tertiary alicyclic amines) is 1. The number of nitrogens with zero attached hydrogens (tertiary/aromatic N) is 2. The van der Waals surface area contributed by atoms with Gasteiger partial charge in [-0.15, -0.1) is 0 Å². The molecule has 0 bridgehead atoms. The summed E-state index contributed by atoms with van der Waals surface area (Å²) >= 11 is 0. The SMILES string of the molecule is COCC(=O)N1CC[C@H]2OCCC[C@@]2(COCc2cccnc2)C1. The van der Waals surface area contributed by atoms with Gasteiger partial charge in [-0.3, -0.25) is 9.78 Å². The molecule has 2 aliphatic rings. The Kier molecular flexibility index (Phi) is 5.81. The first-order valence-electron chi connectivity index (χ1n) is 8.58. The number of amides is 1. The summed E-state index contributed by atoms with van der Waals surface area (Å²) < 4.78 is 17.0. The predicted molar refractivity (Wildman–Crippen MR) is 88.4 cm³/mol. The number of carbonyl (C=O) groups is 1. The molecule has 2 aliphatic heterocycles. The number of aromatic nitrogens is 1. The Bertz CT molecular complexity index is 539. The van der Waals surface area contributed by atoms with E-state index in [0.717, 1.165) is 38.0 Å². The minimum absolute atomic E-state index is 0.0492. The van der Waals surface area contributed by atoms with Gasteiger partial charge in [-0.25, -0.2) is 0 Å². The van der Waals surface area contributed by atoms with Gasteiger partial charge in [0.2, 0.25) is 5.91 Å². The molecule has 0 aromatic carbocycles. The Balaban J connectivity index is 1.64. The maximum absolute atomic E-state index is 12.2. The topological polar surface area (TPSA) is 60.9 Å². The van der Waals surface area contributed by atoms with Crippen LogP contribution >= 0.6 is 0 Å². The molecule has 132 valence electrons. The van der Waals surface area contributed by atoms with Gasteiger partial charge in [-0.2, -0.15) is 0 Å². The van der Waals surface area contributed by atoms with E-state index in [-0.39, 0.29) is 24.0 Å². The minimum Gasteiger partial charge on any atom is -0.377 e. The van der Waals surface area contributed by atoms with Gasteiger partial charge in [0, 0.05) is 44.6 Å². The lowest BCUT2D eigenvalue weighted by Gasteiger charge is -2.50. The van der Waals surface area contributed by atoms with Crippen LogP contribution in [0.4, 0.5) is 0 Å². The summed E-state index contributed by atoms with van der Waals surface area (Å²) in [7, 11) is 1.56. The second-order valence-corrected chi connectivity index (χ2v) is 6.72. The molecule has 0 N–H and O–H groups in total. The lowest BCUT2D eigenvalue weighted by Crippen LogP contribution is -2.58. The fourth-order valence-corrected chi connectivity index (χ4v) is 3.78. The Morgan fingerprint density at radius 1 is 1.54 bits per heavy atom. The van der Waals surface area contributed by atoms with E-state index in [1.54, 1.807) is 13.3 Å². The van der Waals surface area contributed by atoms with Crippen molar-refractivity contribution in [2.45, 2.75) is 32.0 Å². The molecule has 3 heterocycles. The van der Waals surface area contributed by atoms with E-state index >= 15 is 0 Å². The lowest BCUT2D eigenvalue weighted by atomic mass is 9.73. The third-order valence-electron chi connectivity index (χ3n) is 4.99. The average Bonchev–Trinajstić information content (AvgIpc) is 2.62. The fourth-order valence-electron chi connectivity index (χ4n) is 3.78. The summed E-state index contributed by atoms with van der Waals surface area (Å²) in [4.78, 5) is 18.2. The molecule has 2 fully saturated rings. The lowest BCUT2D eigenvalue weighted by molar-refractivity contribution is -0.167. The summed E-state index contributed by atoms with van der Waals surface area (Å²) in [5, 5.41) is 0. The van der Waals surface area contributed by atoms with Crippen molar-refractivity contribution in [3.05, 3.63) is 30.1 Å². The third kappa shape index (κ3) is 3.94. The van der Waals surface area contributed by atoms with Crippen molar-refractivity contribution < 1.29 is 19.0 Å². The third-order valence-corrected chi connectivity index (χ3v) is 4.99. The highest BCUT2D eigenvalue weighted by Crippen LogP contribution is 2.40. The highest BCUT2D eigenvalue weighted by molar-refractivity contribution is 5.77. The first kappa shape index (κ1) is 17.3. The van der Waals surface area contributed by atoms with E-state index in [1.807, 2.05) is 23.2 Å². The molecule has 3 rings (SSSR count). The van der Waals surface area contributed by atoms with Crippen LogP contribution in [0.3, 0.4) is 0 Å². The number of pyridine rings is 1. The van der Waals surface area contributed by atoms with E-state index < -0.39 is 0 Å². The summed E-state index contributed by atoms with van der Waals surface area (Å²) in [5.74, 6) is 0.0492. The number of piperidine rings is 1. The monoisotopic (exact) mass is 334 g/mol. The summed E-state index contributed by atoms with van der Waals surface area (Å²) in [5.41, 5.74) is 0.951. The number of fused-ring (bicyclic) bond motifs is 1. The molecule has 1 aromatic rings. The van der Waals surface area contributed by atoms with E-state index in [0.29, 0.717) is 19.8 Å². The molecular weight excluding hydrogens is 308 g/mol. The smallest absolute Gasteiger partial charge is 0.248 e. The van der Waals surface area contributed by atoms with Crippen LogP contribution < -0.4 is 0 Å². The highest BCUT2D eigenvalue weighted by atomic mass is 16.5. The molecular formula is C18H26N2O4. The van der Waals surface area contributed by atoms with Crippen LogP contribution in [0.1, 0.15) is 24.8 Å². The molecule has 0 spiro atoms. The second-order valence-electron chi connectivity index (χ2n) is 6.72. The second kappa shape index (κ2) is 8.05. The van der Waals surface area contributed by atoms with Gasteiger partial charge in [0.1, 0.15) is 6.61 Å². The van der Waals surface area contributed by atoms with Gasteiger partial charge in [-0.05, 0) is 30.9 Å². The molecule has 0 aliphatic carbocycles. The maximum atomic E-state index is 12.2. The quantitative estimate of drug-likeness (QED) is 0.791. The van der Waals surface area contributed by atoms with Gasteiger partial charge in [0.05, 0.1) is 19.3 Å². The number of rotatable bonds is 6. The first-order valence-corrected chi connectivity index (χ1v) is 8.58. The van der Waals surface area contributed by atoms with Crippen LogP contribution in [0.25, 0.3) is 0 Å². The number of ether oxygens (including phenoxy) is 3. The summed E-state index contributed by atoms with van der Waals surface area (Å²) in [6.45, 7) is 3.50. The van der Waals surface area contributed by atoms with Crippen molar-refractivity contribution in [3.63, 3.8) is 0 Å². The molecule has 1 aromatic heterocycles. The average molecular weight is 334 g/mol. The van der Waals surface area contributed by atoms with Crippen molar-refractivity contribution in [1.29, 1.82) is 0 Å². The molecule has 1 amide bonds. The number of carbonyl (C=O) groups excluding carboxylic acids is 1. The molecule has 0 radical (unpaired) electrons. The van der Waals surface area contributed by atoms with E-state index in [4.69, 9.17) is 14.2 Å². The summed E-state index contributed by atoms with van der Waals surface area (Å²) in [6.07, 6.45) is 6.66. The molecule has 2 saturated heterocycles. The predicted octanol–water partition coefficient (Wildman–Crippen LogP) is 1.64. The normalized spacial score (nSPS) is 26.9. The van der Waals surface area contributed by atoms with Crippen molar-refractivity contribution in [1.82, 2.24) is 9.88 Å². The minimum atomic E-state index is -0.109. The number of hydrogen-bond acceptors (Lipinski definition) is 5. The van der Waals surface area contributed by atoms with Gasteiger partial charge in [0.25, 0.3) is 0 Å². The van der Waals surface area contributed by atoms with Crippen LogP contribution in [0.5, 0.6) is 0 Å². The number of hydrogen-bond donors (Lipinski definition) is 0. The zero-order chi connectivity index (χ0) is 16.8. The van der Waals surface area contributed by atoms with Gasteiger partial charge in [0.15, 0.2) is 0 Å². The van der Waals surface area contributed by atoms with Crippen LogP contribution in [0.15, 0.2) is 24.5 Å². The number of methoxy groups -OCH3 is 1. The van der Waals surface area contributed by atoms with Gasteiger partial charge in [-0.1, -0.05) is 6.07 Å². The zero-order valence-electron chi connectivity index (χ0n) is 14.3. The molecule has 0 saturated carbocycles. The Morgan fingerprint density at radius 2 is 2.46 bits per heavy atom. The van der Waals surface area contributed by atoms with Crippen molar-refractivity contribution in [2.24, 2.45) is 5.41 Å². The van der Waals surface area contributed by atoms with Crippen LogP contribution in [-0.2, 0) is 25.6 Å². The molecule has 6 heteroatoms. The van der Waals surface area contributed by atoms with E-state index in [1.165, 1.54) is 0 Å². The zero-order valence-corrected chi connectivity index (χ0v) is 14.3. The van der Waals surface area contributed by atoms with Crippen LogP contribution in [0, 0.1) is 5.41 Å². The fraction of sp³-hybridized carbons (Fsp3) is 0.667. The first-order chi connectivity index (χ1) is 11.7. The Labute approximate surface area is 143 Å². The van der Waals surface area contributed by atoms with E-state index in [2.05, 4.69) is 4.98 Å². The van der Waals surface area contributed by atoms with E-state index in [9.17, 15) is 4.79 Å². The molecule has 6 nitrogen and oxygen atoms in total. The van der Waals surface area contributed by atoms with Crippen molar-refractivity contribution >= 4 is 5.91 Å². The Hall–Kier alpha value is -1.50. The standard InChI is InChI=1S/C18H26N2O4/c1-22-12-17(21)20-8-5-16-18(13-20,6-3-9-24-16)14-23-11-15-4-2-7-19-10-15/h2,4,7,10,16H,3,5-6,8-9,11-14H2,1H3/t16-,18+/m1/s1. The van der Waals surface area contributed by atoms with Crippen molar-refractivity contribution in [2.75, 3.05) is 40.0 Å². The maximum Gasteiger partial charge on any atom is 0.248 e. The van der Waals surface area contributed by atoms with Crippen LogP contribution in [0.2, 0.25) is 0 Å². The van der Waals surface area contributed by atoms with Gasteiger partial charge >= 0.3 is 0 Å². The van der Waals surface area contributed by atoms with Gasteiger partial charge < -0.3 is 19.1 Å². The molecule has 24 heavy (non-hydrogen) atoms. The largest absolute Gasteiger partial charge is 0.377 e. The molecule has 0 unspecified atom stereocenters.